The molecule has 21 heavy (non-hydrogen) atoms. The number of nitrogens with two attached hydrogens (primary N) is 1. The van der Waals surface area contributed by atoms with Gasteiger partial charge >= 0.3 is 0 Å². The minimum atomic E-state index is -0.939. The van der Waals surface area contributed by atoms with E-state index in [2.05, 4.69) is 5.32 Å². The van der Waals surface area contributed by atoms with Crippen LogP contribution in [0.4, 0.5) is 0 Å². The topological polar surface area (TPSA) is 76.8 Å². The van der Waals surface area contributed by atoms with E-state index in [1.165, 1.54) is 0 Å². The third-order valence-electron chi connectivity index (χ3n) is 3.65. The summed E-state index contributed by atoms with van der Waals surface area (Å²) in [4.78, 5) is 14.0. The van der Waals surface area contributed by atoms with Gasteiger partial charge in [0.15, 0.2) is 11.5 Å². The highest BCUT2D eigenvalue weighted by Gasteiger charge is 2.33. The van der Waals surface area contributed by atoms with Crippen LogP contribution < -0.4 is 20.5 Å². The smallest absolute Gasteiger partial charge is 0.242 e. The Kier molecular flexibility index (Phi) is 4.69. The van der Waals surface area contributed by atoms with Crippen molar-refractivity contribution in [3.8, 4) is 11.5 Å². The van der Waals surface area contributed by atoms with Crippen molar-refractivity contribution in [1.82, 2.24) is 10.2 Å². The highest BCUT2D eigenvalue weighted by atomic mass is 16.6. The fourth-order valence-electron chi connectivity index (χ4n) is 2.22. The van der Waals surface area contributed by atoms with Gasteiger partial charge in [-0.05, 0) is 38.7 Å². The number of fused-ring (bicyclic) bond motifs is 1. The molecule has 1 aliphatic heterocycles. The predicted molar refractivity (Wildman–Crippen MR) is 80.5 cm³/mol. The van der Waals surface area contributed by atoms with Gasteiger partial charge in [-0.3, -0.25) is 10.1 Å². The van der Waals surface area contributed by atoms with Crippen LogP contribution in [0.1, 0.15) is 12.5 Å². The lowest BCUT2D eigenvalue weighted by Gasteiger charge is -2.30. The summed E-state index contributed by atoms with van der Waals surface area (Å²) in [5.74, 6) is 0.934. The van der Waals surface area contributed by atoms with E-state index in [4.69, 9.17) is 15.2 Å². The van der Waals surface area contributed by atoms with Gasteiger partial charge in [-0.15, -0.1) is 0 Å². The van der Waals surface area contributed by atoms with Gasteiger partial charge in [0.25, 0.3) is 0 Å². The molecule has 2 rings (SSSR count). The quantitative estimate of drug-likeness (QED) is 0.789. The van der Waals surface area contributed by atoms with Crippen LogP contribution >= 0.6 is 0 Å². The summed E-state index contributed by atoms with van der Waals surface area (Å²) < 4.78 is 11.1. The Hall–Kier alpha value is -1.79. The van der Waals surface area contributed by atoms with Crippen molar-refractivity contribution >= 4 is 5.91 Å². The molecule has 6 nitrogen and oxygen atoms in total. The average Bonchev–Trinajstić information content (AvgIpc) is 2.46. The molecular weight excluding hydrogens is 270 g/mol. The first kappa shape index (κ1) is 15.6. The molecule has 1 unspecified atom stereocenters. The van der Waals surface area contributed by atoms with Gasteiger partial charge in [0.05, 0.1) is 0 Å². The van der Waals surface area contributed by atoms with E-state index in [-0.39, 0.29) is 0 Å². The molecule has 1 aliphatic rings. The Bertz CT molecular complexity index is 519. The van der Waals surface area contributed by atoms with Crippen LogP contribution in [0.15, 0.2) is 18.2 Å². The first-order valence-electron chi connectivity index (χ1n) is 7.03. The summed E-state index contributed by atoms with van der Waals surface area (Å²) in [6, 6.07) is 5.49. The molecule has 1 aromatic rings. The van der Waals surface area contributed by atoms with Gasteiger partial charge < -0.3 is 20.1 Å². The SMILES string of the molecule is CN(C)CCNC(C)(C(N)=O)c1ccc2c(c1)OCCO2. The summed E-state index contributed by atoms with van der Waals surface area (Å²) in [5.41, 5.74) is 5.45. The summed E-state index contributed by atoms with van der Waals surface area (Å²) in [7, 11) is 3.96. The molecule has 0 fully saturated rings. The number of nitrogens with one attached hydrogen (secondary N) is 1. The van der Waals surface area contributed by atoms with Gasteiger partial charge in [-0.1, -0.05) is 6.07 Å². The van der Waals surface area contributed by atoms with E-state index < -0.39 is 11.4 Å². The molecule has 1 heterocycles. The molecule has 0 saturated heterocycles. The molecule has 116 valence electrons. The van der Waals surface area contributed by atoms with Crippen molar-refractivity contribution in [3.63, 3.8) is 0 Å². The van der Waals surface area contributed by atoms with Crippen LogP contribution in [0.3, 0.4) is 0 Å². The zero-order chi connectivity index (χ0) is 15.5. The number of hydrogen-bond acceptors (Lipinski definition) is 5. The van der Waals surface area contributed by atoms with Crippen molar-refractivity contribution in [3.05, 3.63) is 23.8 Å². The number of ether oxygens (including phenoxy) is 2. The zero-order valence-electron chi connectivity index (χ0n) is 12.8. The number of rotatable bonds is 6. The largest absolute Gasteiger partial charge is 0.486 e. The van der Waals surface area contributed by atoms with Gasteiger partial charge in [0, 0.05) is 13.1 Å². The standard InChI is InChI=1S/C15H23N3O3/c1-15(14(16)19,17-6-7-18(2)3)11-4-5-12-13(10-11)21-9-8-20-12/h4-5,10,17H,6-9H2,1-3H3,(H2,16,19). The number of carbonyl (C=O) groups excluding carboxylic acids is 1. The number of nitrogens with zero attached hydrogens (tertiary/aromatic N) is 1. The number of benzene rings is 1. The highest BCUT2D eigenvalue weighted by Crippen LogP contribution is 2.34. The molecule has 0 saturated carbocycles. The van der Waals surface area contributed by atoms with Crippen LogP contribution in [-0.2, 0) is 10.3 Å². The minimum Gasteiger partial charge on any atom is -0.486 e. The minimum absolute atomic E-state index is 0.419. The third-order valence-corrected chi connectivity index (χ3v) is 3.65. The normalized spacial score (nSPS) is 16.6. The summed E-state index contributed by atoms with van der Waals surface area (Å²) in [6.07, 6.45) is 0. The second kappa shape index (κ2) is 6.32. The van der Waals surface area contributed by atoms with Gasteiger partial charge in [0.2, 0.25) is 5.91 Å². The second-order valence-corrected chi connectivity index (χ2v) is 5.58. The maximum absolute atomic E-state index is 11.9. The van der Waals surface area contributed by atoms with Crippen molar-refractivity contribution < 1.29 is 14.3 Å². The maximum atomic E-state index is 11.9. The molecule has 1 atom stereocenters. The monoisotopic (exact) mass is 293 g/mol. The van der Waals surface area contributed by atoms with Crippen LogP contribution in [0, 0.1) is 0 Å². The number of amides is 1. The lowest BCUT2D eigenvalue weighted by Crippen LogP contribution is -2.52. The first-order chi connectivity index (χ1) is 9.93. The van der Waals surface area contributed by atoms with Crippen LogP contribution in [-0.4, -0.2) is 51.2 Å². The molecule has 1 amide bonds. The Morgan fingerprint density at radius 3 is 2.62 bits per heavy atom. The molecule has 1 aromatic carbocycles. The van der Waals surface area contributed by atoms with E-state index in [1.54, 1.807) is 6.92 Å². The summed E-state index contributed by atoms with van der Waals surface area (Å²) in [5, 5.41) is 3.24. The second-order valence-electron chi connectivity index (χ2n) is 5.58. The van der Waals surface area contributed by atoms with Crippen molar-refractivity contribution in [2.75, 3.05) is 40.4 Å². The lowest BCUT2D eigenvalue weighted by molar-refractivity contribution is -0.124. The van der Waals surface area contributed by atoms with Gasteiger partial charge in [0.1, 0.15) is 18.8 Å². The average molecular weight is 293 g/mol. The van der Waals surface area contributed by atoms with Gasteiger partial charge in [-0.25, -0.2) is 0 Å². The molecular formula is C15H23N3O3. The Morgan fingerprint density at radius 1 is 1.33 bits per heavy atom. The fraction of sp³-hybridized carbons (Fsp3) is 0.533. The lowest BCUT2D eigenvalue weighted by atomic mass is 9.90. The van der Waals surface area contributed by atoms with E-state index in [0.717, 1.165) is 12.1 Å². The van der Waals surface area contributed by atoms with Crippen molar-refractivity contribution in [2.45, 2.75) is 12.5 Å². The molecule has 3 N–H and O–H groups in total. The maximum Gasteiger partial charge on any atom is 0.242 e. The van der Waals surface area contributed by atoms with Crippen molar-refractivity contribution in [1.29, 1.82) is 0 Å². The zero-order valence-corrected chi connectivity index (χ0v) is 12.8. The van der Waals surface area contributed by atoms with Crippen LogP contribution in [0.2, 0.25) is 0 Å². The number of carbonyl (C=O) groups is 1. The molecule has 6 heteroatoms. The van der Waals surface area contributed by atoms with E-state index in [9.17, 15) is 4.79 Å². The molecule has 0 aromatic heterocycles. The number of primary amides is 1. The predicted octanol–water partition coefficient (Wildman–Crippen LogP) is 0.310. The number of hydrogen-bond donors (Lipinski definition) is 2. The summed E-state index contributed by atoms with van der Waals surface area (Å²) in [6.45, 7) is 4.31. The van der Waals surface area contributed by atoms with Crippen LogP contribution in [0.25, 0.3) is 0 Å². The molecule has 0 bridgehead atoms. The summed E-state index contributed by atoms with van der Waals surface area (Å²) >= 11 is 0. The fourth-order valence-corrected chi connectivity index (χ4v) is 2.22. The van der Waals surface area contributed by atoms with E-state index in [1.807, 2.05) is 37.2 Å². The van der Waals surface area contributed by atoms with Crippen molar-refractivity contribution in [2.24, 2.45) is 5.73 Å². The Labute approximate surface area is 125 Å². The molecule has 0 spiro atoms. The third kappa shape index (κ3) is 3.46. The van der Waals surface area contributed by atoms with E-state index >= 15 is 0 Å². The first-order valence-corrected chi connectivity index (χ1v) is 7.03. The Morgan fingerprint density at radius 2 is 2.00 bits per heavy atom. The highest BCUT2D eigenvalue weighted by molar-refractivity contribution is 5.86. The molecule has 0 radical (unpaired) electrons. The number of likely N-dealkylation sites (N-methyl/N-ethyl adjacent to an activating group) is 1. The molecule has 0 aliphatic carbocycles. The Balaban J connectivity index is 2.22. The van der Waals surface area contributed by atoms with Crippen LogP contribution in [0.5, 0.6) is 11.5 Å². The van der Waals surface area contributed by atoms with E-state index in [0.29, 0.717) is 31.3 Å². The van der Waals surface area contributed by atoms with Gasteiger partial charge in [-0.2, -0.15) is 0 Å².